The molecule has 36 heavy (non-hydrogen) atoms. The molecule has 3 N–H and O–H groups in total. The molecule has 1 amide bonds. The summed E-state index contributed by atoms with van der Waals surface area (Å²) >= 11 is 0. The largest absolute Gasteiger partial charge is 0.354 e. The van der Waals surface area contributed by atoms with Gasteiger partial charge in [-0.1, -0.05) is 18.6 Å². The summed E-state index contributed by atoms with van der Waals surface area (Å²) in [4.78, 5) is 30.9. The molecule has 0 aliphatic heterocycles. The Labute approximate surface area is 212 Å². The van der Waals surface area contributed by atoms with Crippen molar-refractivity contribution >= 4 is 11.7 Å². The van der Waals surface area contributed by atoms with Gasteiger partial charge in [0.15, 0.2) is 0 Å². The van der Waals surface area contributed by atoms with E-state index in [4.69, 9.17) is 5.73 Å². The molecule has 6 heteroatoms. The van der Waals surface area contributed by atoms with Crippen LogP contribution in [-0.4, -0.2) is 29.3 Å². The molecule has 0 spiro atoms. The average Bonchev–Trinajstić information content (AvgIpc) is 2.84. The van der Waals surface area contributed by atoms with Gasteiger partial charge in [0.1, 0.15) is 11.6 Å². The lowest BCUT2D eigenvalue weighted by Crippen LogP contribution is -2.61. The molecule has 5 nitrogen and oxygen atoms in total. The number of ketones is 1. The first kappa shape index (κ1) is 23.8. The van der Waals surface area contributed by atoms with Crippen LogP contribution in [0.3, 0.4) is 0 Å². The van der Waals surface area contributed by atoms with E-state index in [1.807, 2.05) is 24.3 Å². The third-order valence-corrected chi connectivity index (χ3v) is 10.1. The molecule has 1 heterocycles. The number of halogens is 1. The number of nitrogens with zero attached hydrogens (tertiary/aromatic N) is 1. The van der Waals surface area contributed by atoms with E-state index >= 15 is 0 Å². The number of aromatic nitrogens is 1. The lowest BCUT2D eigenvalue weighted by Gasteiger charge is -2.60. The van der Waals surface area contributed by atoms with Crippen LogP contribution in [0.4, 0.5) is 4.39 Å². The van der Waals surface area contributed by atoms with E-state index in [1.54, 1.807) is 12.4 Å². The van der Waals surface area contributed by atoms with Crippen molar-refractivity contribution in [2.24, 2.45) is 34.8 Å². The minimum atomic E-state index is -0.544. The summed E-state index contributed by atoms with van der Waals surface area (Å²) in [6, 6.07) is 10.0. The third kappa shape index (κ3) is 4.07. The molecule has 0 radical (unpaired) electrons. The molecular formula is C30H36FN3O2. The van der Waals surface area contributed by atoms with Crippen LogP contribution in [0, 0.1) is 34.9 Å². The number of benzene rings is 1. The maximum Gasteiger partial charge on any atom is 0.237 e. The molecular weight excluding hydrogens is 453 g/mol. The summed E-state index contributed by atoms with van der Waals surface area (Å²) in [5, 5.41) is 3.18. The number of hydrogen-bond acceptors (Lipinski definition) is 4. The lowest BCUT2D eigenvalue weighted by atomic mass is 9.44. The van der Waals surface area contributed by atoms with Crippen molar-refractivity contribution in [1.29, 1.82) is 0 Å². The van der Waals surface area contributed by atoms with Crippen LogP contribution >= 0.6 is 0 Å². The molecule has 5 fully saturated rings. The quantitative estimate of drug-likeness (QED) is 0.578. The van der Waals surface area contributed by atoms with E-state index in [9.17, 15) is 14.0 Å². The minimum absolute atomic E-state index is 0.0713. The van der Waals surface area contributed by atoms with Crippen LogP contribution in [0.1, 0.15) is 62.5 Å². The van der Waals surface area contributed by atoms with Gasteiger partial charge in [-0.2, -0.15) is 0 Å². The smallest absolute Gasteiger partial charge is 0.237 e. The fourth-order valence-electron chi connectivity index (χ4n) is 8.39. The standard InChI is InChI=1S/C30H36FN3O2/c31-24-4-2-23(3-5-24)29(8-1-9-29)18-34-28(36)27(32)26-21-12-20-13-22(26)17-30(15-20,16-21)25(35)14-19-6-10-33-11-7-19/h2-7,10-11,20-22,26-27H,1,8-9,12-18,32H2,(H,34,36). The Kier molecular flexibility index (Phi) is 5.98. The van der Waals surface area contributed by atoms with Gasteiger partial charge in [0, 0.05) is 36.2 Å². The Morgan fingerprint density at radius 1 is 1.03 bits per heavy atom. The molecule has 5 saturated carbocycles. The lowest BCUT2D eigenvalue weighted by molar-refractivity contribution is -0.153. The molecule has 190 valence electrons. The van der Waals surface area contributed by atoms with Gasteiger partial charge in [-0.25, -0.2) is 4.39 Å². The number of carbonyl (C=O) groups excluding carboxylic acids is 2. The average molecular weight is 490 g/mol. The summed E-state index contributed by atoms with van der Waals surface area (Å²) in [7, 11) is 0. The summed E-state index contributed by atoms with van der Waals surface area (Å²) < 4.78 is 13.4. The Balaban J connectivity index is 1.12. The maximum atomic E-state index is 13.5. The second-order valence-electron chi connectivity index (χ2n) is 12.2. The van der Waals surface area contributed by atoms with Crippen LogP contribution in [0.2, 0.25) is 0 Å². The van der Waals surface area contributed by atoms with Crippen LogP contribution in [0.5, 0.6) is 0 Å². The SMILES string of the molecule is NC(C(=O)NCC1(c2ccc(F)cc2)CCC1)C1C2CC3CC1CC(C(=O)Cc1ccncc1)(C3)C2. The van der Waals surface area contributed by atoms with Crippen molar-refractivity contribution in [3.8, 4) is 0 Å². The monoisotopic (exact) mass is 489 g/mol. The molecule has 4 bridgehead atoms. The summed E-state index contributed by atoms with van der Waals surface area (Å²) in [6.45, 7) is 0.546. The Bertz CT molecular complexity index is 1110. The Morgan fingerprint density at radius 2 is 1.69 bits per heavy atom. The van der Waals surface area contributed by atoms with Crippen LogP contribution in [-0.2, 0) is 21.4 Å². The zero-order chi connectivity index (χ0) is 24.9. The number of rotatable bonds is 8. The molecule has 5 aliphatic rings. The van der Waals surface area contributed by atoms with Crippen molar-refractivity contribution in [3.63, 3.8) is 0 Å². The zero-order valence-corrected chi connectivity index (χ0v) is 20.8. The van der Waals surface area contributed by atoms with Crippen LogP contribution in [0.15, 0.2) is 48.8 Å². The zero-order valence-electron chi connectivity index (χ0n) is 20.8. The highest BCUT2D eigenvalue weighted by Gasteiger charge is 2.59. The van der Waals surface area contributed by atoms with E-state index in [1.165, 1.54) is 12.1 Å². The number of amides is 1. The van der Waals surface area contributed by atoms with E-state index in [2.05, 4.69) is 10.3 Å². The molecule has 1 aromatic carbocycles. The second-order valence-corrected chi connectivity index (χ2v) is 12.2. The number of Topliss-reactive ketones (excluding diaryl/α,β-unsaturated/α-hetero) is 1. The molecule has 2 aromatic rings. The van der Waals surface area contributed by atoms with Crippen LogP contribution < -0.4 is 11.1 Å². The number of nitrogens with one attached hydrogen (secondary N) is 1. The fraction of sp³-hybridized carbons (Fsp3) is 0.567. The normalized spacial score (nSPS) is 32.5. The predicted octanol–water partition coefficient (Wildman–Crippen LogP) is 4.34. The molecule has 7 rings (SSSR count). The predicted molar refractivity (Wildman–Crippen MR) is 135 cm³/mol. The van der Waals surface area contributed by atoms with Crippen molar-refractivity contribution < 1.29 is 14.0 Å². The highest BCUT2D eigenvalue weighted by Crippen LogP contribution is 2.63. The number of pyridine rings is 1. The van der Waals surface area contributed by atoms with E-state index in [-0.39, 0.29) is 28.5 Å². The van der Waals surface area contributed by atoms with Crippen LogP contribution in [0.25, 0.3) is 0 Å². The van der Waals surface area contributed by atoms with Gasteiger partial charge in [-0.05, 0) is 104 Å². The van der Waals surface area contributed by atoms with E-state index < -0.39 is 6.04 Å². The molecule has 3 unspecified atom stereocenters. The van der Waals surface area contributed by atoms with Gasteiger partial charge in [-0.15, -0.1) is 0 Å². The highest BCUT2D eigenvalue weighted by atomic mass is 19.1. The Morgan fingerprint density at radius 3 is 2.31 bits per heavy atom. The molecule has 3 atom stereocenters. The van der Waals surface area contributed by atoms with Gasteiger partial charge < -0.3 is 11.1 Å². The first-order chi connectivity index (χ1) is 17.4. The van der Waals surface area contributed by atoms with Crippen molar-refractivity contribution in [2.75, 3.05) is 6.54 Å². The van der Waals surface area contributed by atoms with E-state index in [0.717, 1.165) is 62.5 Å². The first-order valence-electron chi connectivity index (χ1n) is 13.6. The number of hydrogen-bond donors (Lipinski definition) is 2. The summed E-state index contributed by atoms with van der Waals surface area (Å²) in [5.74, 6) is 1.45. The first-order valence-corrected chi connectivity index (χ1v) is 13.6. The van der Waals surface area contributed by atoms with Crippen molar-refractivity contribution in [1.82, 2.24) is 10.3 Å². The molecule has 5 aliphatic carbocycles. The fourth-order valence-corrected chi connectivity index (χ4v) is 8.39. The number of nitrogens with two attached hydrogens (primary N) is 1. The third-order valence-electron chi connectivity index (χ3n) is 10.1. The highest BCUT2D eigenvalue weighted by molar-refractivity contribution is 5.87. The van der Waals surface area contributed by atoms with Gasteiger partial charge in [0.2, 0.25) is 5.91 Å². The second kappa shape index (κ2) is 9.05. The summed E-state index contributed by atoms with van der Waals surface area (Å²) in [6.07, 6.45) is 12.0. The maximum absolute atomic E-state index is 13.5. The van der Waals surface area contributed by atoms with Gasteiger partial charge in [0.05, 0.1) is 6.04 Å². The van der Waals surface area contributed by atoms with Gasteiger partial charge in [-0.3, -0.25) is 14.6 Å². The Hall–Kier alpha value is -2.60. The van der Waals surface area contributed by atoms with Gasteiger partial charge >= 0.3 is 0 Å². The summed E-state index contributed by atoms with van der Waals surface area (Å²) in [5.41, 5.74) is 8.44. The molecule has 0 saturated heterocycles. The minimum Gasteiger partial charge on any atom is -0.354 e. The number of carbonyl (C=O) groups is 2. The topological polar surface area (TPSA) is 85.1 Å². The van der Waals surface area contributed by atoms with Gasteiger partial charge in [0.25, 0.3) is 0 Å². The van der Waals surface area contributed by atoms with E-state index in [0.29, 0.717) is 36.5 Å². The van der Waals surface area contributed by atoms with Crippen molar-refractivity contribution in [2.45, 2.75) is 69.2 Å². The van der Waals surface area contributed by atoms with Crippen molar-refractivity contribution in [3.05, 3.63) is 65.7 Å². The molecule has 1 aromatic heterocycles.